The van der Waals surface area contributed by atoms with Crippen LogP contribution in [0.5, 0.6) is 5.75 Å². The standard InChI is InChI=1S/C15H16Cl2F3NO2/c1-9(10-5-6-10)21(8-15(18,19)20)13(22)7-23-12-4-2-3-11(16)14(12)17/h2-4,9-10H,5-8H2,1H3. The molecular weight excluding hydrogens is 354 g/mol. The fourth-order valence-electron chi connectivity index (χ4n) is 2.30. The van der Waals surface area contributed by atoms with E-state index >= 15 is 0 Å². The van der Waals surface area contributed by atoms with Crippen LogP contribution in [0, 0.1) is 5.92 Å². The molecule has 0 bridgehead atoms. The van der Waals surface area contributed by atoms with E-state index in [1.165, 1.54) is 6.07 Å². The lowest BCUT2D eigenvalue weighted by Crippen LogP contribution is -2.47. The normalized spacial score (nSPS) is 16.1. The van der Waals surface area contributed by atoms with Crippen LogP contribution < -0.4 is 4.74 Å². The maximum atomic E-state index is 12.7. The van der Waals surface area contributed by atoms with Crippen molar-refractivity contribution in [3.8, 4) is 5.75 Å². The number of hydrogen-bond acceptors (Lipinski definition) is 2. The van der Waals surface area contributed by atoms with Gasteiger partial charge in [0.2, 0.25) is 0 Å². The highest BCUT2D eigenvalue weighted by molar-refractivity contribution is 6.42. The van der Waals surface area contributed by atoms with Crippen molar-refractivity contribution >= 4 is 29.1 Å². The van der Waals surface area contributed by atoms with E-state index in [2.05, 4.69) is 0 Å². The summed E-state index contributed by atoms with van der Waals surface area (Å²) in [4.78, 5) is 13.0. The second kappa shape index (κ2) is 7.18. The van der Waals surface area contributed by atoms with Crippen molar-refractivity contribution < 1.29 is 22.7 Å². The molecule has 1 aromatic carbocycles. The van der Waals surface area contributed by atoms with E-state index in [0.717, 1.165) is 17.7 Å². The lowest BCUT2D eigenvalue weighted by molar-refractivity contribution is -0.167. The van der Waals surface area contributed by atoms with Crippen LogP contribution in [0.1, 0.15) is 19.8 Å². The molecule has 1 unspecified atom stereocenters. The first kappa shape index (κ1) is 18.2. The molecule has 1 atom stereocenters. The molecule has 23 heavy (non-hydrogen) atoms. The van der Waals surface area contributed by atoms with Crippen LogP contribution in [0.25, 0.3) is 0 Å². The van der Waals surface area contributed by atoms with Crippen molar-refractivity contribution in [1.29, 1.82) is 0 Å². The number of rotatable bonds is 6. The Hall–Kier alpha value is -1.14. The van der Waals surface area contributed by atoms with Crippen molar-refractivity contribution in [1.82, 2.24) is 4.90 Å². The monoisotopic (exact) mass is 369 g/mol. The number of nitrogens with zero attached hydrogens (tertiary/aromatic N) is 1. The average Bonchev–Trinajstić information content (AvgIpc) is 3.29. The Kier molecular flexibility index (Phi) is 5.68. The minimum absolute atomic E-state index is 0.121. The van der Waals surface area contributed by atoms with Gasteiger partial charge in [-0.15, -0.1) is 0 Å². The highest BCUT2D eigenvalue weighted by Gasteiger charge is 2.40. The first-order valence-corrected chi connectivity index (χ1v) is 7.87. The molecule has 128 valence electrons. The molecule has 0 N–H and O–H groups in total. The molecule has 1 fully saturated rings. The Morgan fingerprint density at radius 1 is 1.39 bits per heavy atom. The summed E-state index contributed by atoms with van der Waals surface area (Å²) in [5.41, 5.74) is 0. The Bertz CT molecular complexity index is 576. The van der Waals surface area contributed by atoms with E-state index in [-0.39, 0.29) is 21.7 Å². The summed E-state index contributed by atoms with van der Waals surface area (Å²) in [5, 5.41) is 0.370. The van der Waals surface area contributed by atoms with Crippen LogP contribution >= 0.6 is 23.2 Å². The Morgan fingerprint density at radius 2 is 2.04 bits per heavy atom. The molecule has 0 aliphatic heterocycles. The summed E-state index contributed by atoms with van der Waals surface area (Å²) in [6.45, 7) is -0.170. The van der Waals surface area contributed by atoms with Crippen molar-refractivity contribution in [2.24, 2.45) is 5.92 Å². The van der Waals surface area contributed by atoms with E-state index < -0.39 is 31.3 Å². The van der Waals surface area contributed by atoms with Crippen LogP contribution in [0.3, 0.4) is 0 Å². The molecule has 0 aromatic heterocycles. The number of alkyl halides is 3. The third-order valence-electron chi connectivity index (χ3n) is 3.73. The molecule has 1 saturated carbocycles. The van der Waals surface area contributed by atoms with Crippen LogP contribution in [0.4, 0.5) is 13.2 Å². The van der Waals surface area contributed by atoms with E-state index in [9.17, 15) is 18.0 Å². The van der Waals surface area contributed by atoms with Gasteiger partial charge >= 0.3 is 6.18 Å². The molecule has 0 spiro atoms. The minimum atomic E-state index is -4.45. The molecule has 2 rings (SSSR count). The number of benzene rings is 1. The second-order valence-electron chi connectivity index (χ2n) is 5.56. The molecule has 1 aromatic rings. The van der Waals surface area contributed by atoms with E-state index in [1.807, 2.05) is 0 Å². The Balaban J connectivity index is 2.03. The summed E-state index contributed by atoms with van der Waals surface area (Å²) < 4.78 is 43.4. The minimum Gasteiger partial charge on any atom is -0.482 e. The Labute approximate surface area is 142 Å². The molecule has 0 heterocycles. The van der Waals surface area contributed by atoms with Crippen LogP contribution in [-0.2, 0) is 4.79 Å². The Morgan fingerprint density at radius 3 is 2.61 bits per heavy atom. The van der Waals surface area contributed by atoms with Gasteiger partial charge in [-0.2, -0.15) is 13.2 Å². The highest BCUT2D eigenvalue weighted by atomic mass is 35.5. The van der Waals surface area contributed by atoms with Gasteiger partial charge in [0.1, 0.15) is 17.3 Å². The van der Waals surface area contributed by atoms with E-state index in [1.54, 1.807) is 19.1 Å². The molecule has 8 heteroatoms. The van der Waals surface area contributed by atoms with Gasteiger partial charge in [-0.05, 0) is 37.8 Å². The fraction of sp³-hybridized carbons (Fsp3) is 0.533. The predicted octanol–water partition coefficient (Wildman–Crippen LogP) is 4.56. The zero-order chi connectivity index (χ0) is 17.2. The summed E-state index contributed by atoms with van der Waals surface area (Å²) in [5.74, 6) is -0.438. The number of amides is 1. The van der Waals surface area contributed by atoms with Gasteiger partial charge in [0.25, 0.3) is 5.91 Å². The average molecular weight is 370 g/mol. The summed E-state index contributed by atoms with van der Waals surface area (Å²) >= 11 is 11.7. The number of halogens is 5. The quantitative estimate of drug-likeness (QED) is 0.735. The molecule has 0 radical (unpaired) electrons. The third kappa shape index (κ3) is 5.18. The molecular formula is C15H16Cl2F3NO2. The van der Waals surface area contributed by atoms with Gasteiger partial charge < -0.3 is 9.64 Å². The van der Waals surface area contributed by atoms with Crippen LogP contribution in [0.2, 0.25) is 10.0 Å². The van der Waals surface area contributed by atoms with Crippen molar-refractivity contribution in [2.45, 2.75) is 32.0 Å². The fourth-order valence-corrected chi connectivity index (χ4v) is 2.65. The SMILES string of the molecule is CC(C1CC1)N(CC(F)(F)F)C(=O)COc1cccc(Cl)c1Cl. The smallest absolute Gasteiger partial charge is 0.406 e. The topological polar surface area (TPSA) is 29.5 Å². The van der Waals surface area contributed by atoms with Crippen LogP contribution in [-0.4, -0.2) is 36.2 Å². The highest BCUT2D eigenvalue weighted by Crippen LogP contribution is 2.36. The molecule has 0 saturated heterocycles. The summed E-state index contributed by atoms with van der Waals surface area (Å²) in [7, 11) is 0. The third-order valence-corrected chi connectivity index (χ3v) is 4.53. The van der Waals surface area contributed by atoms with Gasteiger partial charge in [0.15, 0.2) is 6.61 Å². The van der Waals surface area contributed by atoms with Crippen molar-refractivity contribution in [3.63, 3.8) is 0 Å². The zero-order valence-electron chi connectivity index (χ0n) is 12.4. The predicted molar refractivity (Wildman–Crippen MR) is 81.9 cm³/mol. The maximum Gasteiger partial charge on any atom is 0.406 e. The van der Waals surface area contributed by atoms with Gasteiger partial charge in [-0.1, -0.05) is 29.3 Å². The molecule has 1 amide bonds. The van der Waals surface area contributed by atoms with E-state index in [4.69, 9.17) is 27.9 Å². The number of carbonyl (C=O) groups is 1. The van der Waals surface area contributed by atoms with Gasteiger partial charge in [-0.25, -0.2) is 0 Å². The summed E-state index contributed by atoms with van der Waals surface area (Å²) in [6.07, 6.45) is -2.78. The molecule has 3 nitrogen and oxygen atoms in total. The first-order chi connectivity index (χ1) is 10.7. The zero-order valence-corrected chi connectivity index (χ0v) is 13.9. The number of hydrogen-bond donors (Lipinski definition) is 0. The lowest BCUT2D eigenvalue weighted by Gasteiger charge is -2.30. The van der Waals surface area contributed by atoms with E-state index in [0.29, 0.717) is 0 Å². The number of ether oxygens (including phenoxy) is 1. The van der Waals surface area contributed by atoms with Crippen molar-refractivity contribution in [3.05, 3.63) is 28.2 Å². The van der Waals surface area contributed by atoms with Gasteiger partial charge in [-0.3, -0.25) is 4.79 Å². The first-order valence-electron chi connectivity index (χ1n) is 7.12. The lowest BCUT2D eigenvalue weighted by atomic mass is 10.2. The summed E-state index contributed by atoms with van der Waals surface area (Å²) in [6, 6.07) is 4.15. The van der Waals surface area contributed by atoms with Gasteiger partial charge in [0.05, 0.1) is 5.02 Å². The van der Waals surface area contributed by atoms with Crippen LogP contribution in [0.15, 0.2) is 18.2 Å². The molecule has 1 aliphatic carbocycles. The largest absolute Gasteiger partial charge is 0.482 e. The maximum absolute atomic E-state index is 12.7. The number of carbonyl (C=O) groups excluding carboxylic acids is 1. The van der Waals surface area contributed by atoms with Crippen molar-refractivity contribution in [2.75, 3.05) is 13.2 Å². The van der Waals surface area contributed by atoms with Gasteiger partial charge in [0, 0.05) is 6.04 Å². The molecule has 1 aliphatic rings. The second-order valence-corrected chi connectivity index (χ2v) is 6.34.